The topological polar surface area (TPSA) is 29.5 Å². The van der Waals surface area contributed by atoms with Gasteiger partial charge in [0, 0.05) is 5.56 Å². The van der Waals surface area contributed by atoms with E-state index in [9.17, 15) is 5.11 Å². The first-order chi connectivity index (χ1) is 7.15. The van der Waals surface area contributed by atoms with E-state index in [4.69, 9.17) is 4.74 Å². The molecule has 0 bridgehead atoms. The molecule has 0 heterocycles. The highest BCUT2D eigenvalue weighted by molar-refractivity contribution is 5.38. The summed E-state index contributed by atoms with van der Waals surface area (Å²) < 4.78 is 5.55. The maximum Gasteiger partial charge on any atom is 0.125 e. The van der Waals surface area contributed by atoms with Crippen LogP contribution >= 0.6 is 0 Å². The lowest BCUT2D eigenvalue weighted by Crippen LogP contribution is -2.00. The van der Waals surface area contributed by atoms with Gasteiger partial charge in [-0.15, -0.1) is 0 Å². The van der Waals surface area contributed by atoms with Crippen molar-refractivity contribution >= 4 is 0 Å². The molecule has 2 heteroatoms. The predicted octanol–water partition coefficient (Wildman–Crippen LogP) is 3.00. The zero-order chi connectivity index (χ0) is 11.3. The van der Waals surface area contributed by atoms with E-state index in [1.54, 1.807) is 6.92 Å². The standard InChI is InChI=1S/C13H18O2/c1-4-5-8-15-13-7-6-10(2)9-12(13)11(3)14/h4-7,9,11,14H,8H2,1-3H3/b5-4+. The summed E-state index contributed by atoms with van der Waals surface area (Å²) in [6.45, 7) is 6.24. The van der Waals surface area contributed by atoms with Crippen LogP contribution in [0.15, 0.2) is 30.4 Å². The minimum atomic E-state index is -0.495. The molecule has 0 aliphatic heterocycles. The van der Waals surface area contributed by atoms with Crippen LogP contribution in [0.5, 0.6) is 5.75 Å². The van der Waals surface area contributed by atoms with Crippen molar-refractivity contribution in [2.75, 3.05) is 6.61 Å². The molecule has 0 aliphatic rings. The van der Waals surface area contributed by atoms with E-state index in [2.05, 4.69) is 0 Å². The summed E-state index contributed by atoms with van der Waals surface area (Å²) in [7, 11) is 0. The highest BCUT2D eigenvalue weighted by atomic mass is 16.5. The van der Waals surface area contributed by atoms with Crippen LogP contribution in [0.4, 0.5) is 0 Å². The highest BCUT2D eigenvalue weighted by Gasteiger charge is 2.08. The largest absolute Gasteiger partial charge is 0.489 e. The first kappa shape index (κ1) is 11.8. The molecule has 1 unspecified atom stereocenters. The van der Waals surface area contributed by atoms with Gasteiger partial charge in [0.05, 0.1) is 6.10 Å². The number of hydrogen-bond donors (Lipinski definition) is 1. The first-order valence-corrected chi connectivity index (χ1v) is 5.17. The van der Waals surface area contributed by atoms with Crippen molar-refractivity contribution < 1.29 is 9.84 Å². The lowest BCUT2D eigenvalue weighted by Gasteiger charge is -2.13. The fourth-order valence-electron chi connectivity index (χ4n) is 1.36. The third-order valence-electron chi connectivity index (χ3n) is 2.19. The van der Waals surface area contributed by atoms with Crippen molar-refractivity contribution in [1.82, 2.24) is 0 Å². The van der Waals surface area contributed by atoms with Crippen molar-refractivity contribution in [2.45, 2.75) is 26.9 Å². The number of aliphatic hydroxyl groups excluding tert-OH is 1. The second-order valence-corrected chi connectivity index (χ2v) is 3.60. The summed E-state index contributed by atoms with van der Waals surface area (Å²) in [6, 6.07) is 5.84. The monoisotopic (exact) mass is 206 g/mol. The number of benzene rings is 1. The van der Waals surface area contributed by atoms with E-state index in [1.807, 2.05) is 44.2 Å². The van der Waals surface area contributed by atoms with Crippen LogP contribution in [0.3, 0.4) is 0 Å². The molecule has 0 aliphatic carbocycles. The number of allylic oxidation sites excluding steroid dienone is 1. The Kier molecular flexibility index (Phi) is 4.37. The van der Waals surface area contributed by atoms with Crippen molar-refractivity contribution in [1.29, 1.82) is 0 Å². The van der Waals surface area contributed by atoms with Crippen molar-refractivity contribution in [3.05, 3.63) is 41.5 Å². The van der Waals surface area contributed by atoms with Gasteiger partial charge in [0.25, 0.3) is 0 Å². The average Bonchev–Trinajstić information content (AvgIpc) is 2.20. The van der Waals surface area contributed by atoms with Crippen molar-refractivity contribution in [3.63, 3.8) is 0 Å². The molecule has 0 saturated heterocycles. The summed E-state index contributed by atoms with van der Waals surface area (Å²) in [5.41, 5.74) is 1.98. The number of rotatable bonds is 4. The molecule has 82 valence electrons. The summed E-state index contributed by atoms with van der Waals surface area (Å²) in [5.74, 6) is 0.758. The van der Waals surface area contributed by atoms with Gasteiger partial charge >= 0.3 is 0 Å². The molecule has 0 saturated carbocycles. The molecule has 1 rings (SSSR count). The third kappa shape index (κ3) is 3.40. The Bertz CT molecular complexity index is 340. The van der Waals surface area contributed by atoms with Gasteiger partial charge in [-0.2, -0.15) is 0 Å². The van der Waals surface area contributed by atoms with Gasteiger partial charge in [0.2, 0.25) is 0 Å². The molecule has 1 N–H and O–H groups in total. The van der Waals surface area contributed by atoms with Crippen molar-refractivity contribution in [3.8, 4) is 5.75 Å². The first-order valence-electron chi connectivity index (χ1n) is 5.17. The van der Waals surface area contributed by atoms with Gasteiger partial charge < -0.3 is 9.84 Å². The SMILES string of the molecule is C/C=C/COc1ccc(C)cc1C(C)O. The van der Waals surface area contributed by atoms with Crippen LogP contribution in [0.1, 0.15) is 31.1 Å². The van der Waals surface area contributed by atoms with Gasteiger partial charge in [-0.05, 0) is 32.9 Å². The summed E-state index contributed by atoms with van der Waals surface area (Å²) in [5, 5.41) is 9.59. The lowest BCUT2D eigenvalue weighted by molar-refractivity contribution is 0.193. The molecule has 0 fully saturated rings. The molecule has 1 aromatic carbocycles. The van der Waals surface area contributed by atoms with Crippen LogP contribution in [-0.4, -0.2) is 11.7 Å². The molecule has 0 aromatic heterocycles. The Morgan fingerprint density at radius 3 is 2.80 bits per heavy atom. The minimum absolute atomic E-state index is 0.495. The fraction of sp³-hybridized carbons (Fsp3) is 0.385. The Morgan fingerprint density at radius 1 is 1.47 bits per heavy atom. The fourth-order valence-corrected chi connectivity index (χ4v) is 1.36. The minimum Gasteiger partial charge on any atom is -0.489 e. The van der Waals surface area contributed by atoms with Crippen LogP contribution in [0.25, 0.3) is 0 Å². The molecule has 2 nitrogen and oxygen atoms in total. The van der Waals surface area contributed by atoms with Crippen LogP contribution in [-0.2, 0) is 0 Å². The molecular formula is C13H18O2. The van der Waals surface area contributed by atoms with Gasteiger partial charge in [0.1, 0.15) is 12.4 Å². The van der Waals surface area contributed by atoms with E-state index in [0.717, 1.165) is 16.9 Å². The van der Waals surface area contributed by atoms with Gasteiger partial charge in [-0.1, -0.05) is 23.8 Å². The van der Waals surface area contributed by atoms with E-state index in [-0.39, 0.29) is 0 Å². The van der Waals surface area contributed by atoms with Gasteiger partial charge in [0.15, 0.2) is 0 Å². The third-order valence-corrected chi connectivity index (χ3v) is 2.19. The Balaban J connectivity index is 2.85. The molecule has 1 aromatic rings. The summed E-state index contributed by atoms with van der Waals surface area (Å²) >= 11 is 0. The Morgan fingerprint density at radius 2 is 2.20 bits per heavy atom. The van der Waals surface area contributed by atoms with Gasteiger partial charge in [-0.3, -0.25) is 0 Å². The van der Waals surface area contributed by atoms with Crippen LogP contribution in [0.2, 0.25) is 0 Å². The molecule has 1 atom stereocenters. The average molecular weight is 206 g/mol. The van der Waals surface area contributed by atoms with Crippen LogP contribution < -0.4 is 4.74 Å². The van der Waals surface area contributed by atoms with E-state index < -0.39 is 6.10 Å². The lowest BCUT2D eigenvalue weighted by atomic mass is 10.1. The molecule has 0 spiro atoms. The summed E-state index contributed by atoms with van der Waals surface area (Å²) in [6.07, 6.45) is 3.38. The van der Waals surface area contributed by atoms with E-state index >= 15 is 0 Å². The quantitative estimate of drug-likeness (QED) is 0.767. The normalized spacial score (nSPS) is 13.1. The number of hydrogen-bond acceptors (Lipinski definition) is 2. The highest BCUT2D eigenvalue weighted by Crippen LogP contribution is 2.26. The zero-order valence-corrected chi connectivity index (χ0v) is 9.53. The smallest absolute Gasteiger partial charge is 0.125 e. The second kappa shape index (κ2) is 5.56. The second-order valence-electron chi connectivity index (χ2n) is 3.60. The zero-order valence-electron chi connectivity index (χ0n) is 9.53. The molecular weight excluding hydrogens is 188 g/mol. The predicted molar refractivity (Wildman–Crippen MR) is 62.1 cm³/mol. The van der Waals surface area contributed by atoms with E-state index in [1.165, 1.54) is 0 Å². The Labute approximate surface area is 91.2 Å². The Hall–Kier alpha value is -1.28. The maximum absolute atomic E-state index is 9.59. The molecule has 0 amide bonds. The van der Waals surface area contributed by atoms with Crippen LogP contribution in [0, 0.1) is 6.92 Å². The van der Waals surface area contributed by atoms with Crippen molar-refractivity contribution in [2.24, 2.45) is 0 Å². The summed E-state index contributed by atoms with van der Waals surface area (Å²) in [4.78, 5) is 0. The number of ether oxygens (including phenoxy) is 1. The molecule has 15 heavy (non-hydrogen) atoms. The number of aryl methyl sites for hydroxylation is 1. The maximum atomic E-state index is 9.59. The van der Waals surface area contributed by atoms with Gasteiger partial charge in [-0.25, -0.2) is 0 Å². The molecule has 0 radical (unpaired) electrons. The number of aliphatic hydroxyl groups is 1. The van der Waals surface area contributed by atoms with E-state index in [0.29, 0.717) is 6.61 Å².